The van der Waals surface area contributed by atoms with Crippen molar-refractivity contribution in [1.82, 2.24) is 29.9 Å². The maximum absolute atomic E-state index is 9.70. The van der Waals surface area contributed by atoms with Gasteiger partial charge >= 0.3 is 0 Å². The maximum atomic E-state index is 9.70. The molecular formula is C19H19N7O. The average molecular weight is 361 g/mol. The minimum absolute atomic E-state index is 0.191. The fourth-order valence-corrected chi connectivity index (χ4v) is 3.59. The largest absolute Gasteiger partial charge is 0.393 e. The first kappa shape index (κ1) is 16.1. The number of benzene rings is 1. The molecule has 8 nitrogen and oxygen atoms in total. The minimum atomic E-state index is -0.242. The zero-order valence-electron chi connectivity index (χ0n) is 14.9. The first-order valence-electron chi connectivity index (χ1n) is 9.06. The van der Waals surface area contributed by atoms with Crippen molar-refractivity contribution in [3.63, 3.8) is 0 Å². The van der Waals surface area contributed by atoms with Crippen LogP contribution in [-0.4, -0.2) is 47.2 Å². The van der Waals surface area contributed by atoms with E-state index in [0.717, 1.165) is 41.5 Å². The molecule has 2 atom stereocenters. The number of rotatable bonds is 3. The van der Waals surface area contributed by atoms with E-state index in [2.05, 4.69) is 30.6 Å². The standard InChI is InChI=1S/C19H19N7O/c1-11-2-3-12-8-14(5-7-16(12)21-11)26-18-17(24-25-26)10-20-19(23-18)22-13-4-6-15(27)9-13/h2-3,5,7-8,10,13,15,27H,4,6,9H2,1H3,(H,20,22,23)/t13-,15-/m1/s1. The van der Waals surface area contributed by atoms with Crippen molar-refractivity contribution < 1.29 is 5.11 Å². The maximum Gasteiger partial charge on any atom is 0.225 e. The van der Waals surface area contributed by atoms with Crippen LogP contribution in [0, 0.1) is 6.92 Å². The van der Waals surface area contributed by atoms with Gasteiger partial charge in [0.15, 0.2) is 11.2 Å². The molecule has 5 rings (SSSR count). The number of pyridine rings is 1. The highest BCUT2D eigenvalue weighted by atomic mass is 16.3. The summed E-state index contributed by atoms with van der Waals surface area (Å²) in [6.07, 6.45) is 3.87. The second kappa shape index (κ2) is 6.24. The number of nitrogens with one attached hydrogen (secondary N) is 1. The van der Waals surface area contributed by atoms with Gasteiger partial charge < -0.3 is 10.4 Å². The first-order valence-corrected chi connectivity index (χ1v) is 9.06. The van der Waals surface area contributed by atoms with Crippen LogP contribution in [0.4, 0.5) is 5.95 Å². The molecule has 0 bridgehead atoms. The fraction of sp³-hybridized carbons (Fsp3) is 0.316. The van der Waals surface area contributed by atoms with Crippen LogP contribution in [0.2, 0.25) is 0 Å². The number of anilines is 1. The molecule has 136 valence electrons. The summed E-state index contributed by atoms with van der Waals surface area (Å²) in [4.78, 5) is 13.5. The summed E-state index contributed by atoms with van der Waals surface area (Å²) < 4.78 is 1.71. The molecule has 1 fully saturated rings. The second-order valence-corrected chi connectivity index (χ2v) is 7.04. The smallest absolute Gasteiger partial charge is 0.225 e. The van der Waals surface area contributed by atoms with Gasteiger partial charge in [0.1, 0.15) is 0 Å². The van der Waals surface area contributed by atoms with E-state index >= 15 is 0 Å². The Morgan fingerprint density at radius 3 is 2.89 bits per heavy atom. The van der Waals surface area contributed by atoms with Gasteiger partial charge in [-0.2, -0.15) is 9.67 Å². The number of aryl methyl sites for hydroxylation is 1. The van der Waals surface area contributed by atoms with Crippen molar-refractivity contribution >= 4 is 28.0 Å². The summed E-state index contributed by atoms with van der Waals surface area (Å²) in [6, 6.07) is 10.2. The van der Waals surface area contributed by atoms with Crippen LogP contribution >= 0.6 is 0 Å². The number of nitrogens with zero attached hydrogens (tertiary/aromatic N) is 6. The third-order valence-corrected chi connectivity index (χ3v) is 4.99. The van der Waals surface area contributed by atoms with Gasteiger partial charge in [-0.3, -0.25) is 4.98 Å². The number of aliphatic hydroxyl groups excluding tert-OH is 1. The van der Waals surface area contributed by atoms with Crippen LogP contribution in [0.25, 0.3) is 27.8 Å². The van der Waals surface area contributed by atoms with Crippen LogP contribution in [0.5, 0.6) is 0 Å². The lowest BCUT2D eigenvalue weighted by Crippen LogP contribution is -2.18. The molecule has 1 saturated carbocycles. The van der Waals surface area contributed by atoms with Gasteiger partial charge in [0.2, 0.25) is 5.95 Å². The van der Waals surface area contributed by atoms with E-state index in [9.17, 15) is 5.11 Å². The monoisotopic (exact) mass is 361 g/mol. The highest BCUT2D eigenvalue weighted by Crippen LogP contribution is 2.23. The highest BCUT2D eigenvalue weighted by molar-refractivity contribution is 5.82. The van der Waals surface area contributed by atoms with Crippen molar-refractivity contribution in [3.05, 3.63) is 42.2 Å². The predicted molar refractivity (Wildman–Crippen MR) is 102 cm³/mol. The van der Waals surface area contributed by atoms with Crippen molar-refractivity contribution in [1.29, 1.82) is 0 Å². The summed E-state index contributed by atoms with van der Waals surface area (Å²) >= 11 is 0. The molecule has 4 aromatic rings. The predicted octanol–water partition coefficient (Wildman–Crippen LogP) is 2.39. The first-order chi connectivity index (χ1) is 13.2. The molecule has 3 heterocycles. The van der Waals surface area contributed by atoms with Crippen molar-refractivity contribution in [3.8, 4) is 5.69 Å². The van der Waals surface area contributed by atoms with Gasteiger partial charge in [0.25, 0.3) is 0 Å². The summed E-state index contributed by atoms with van der Waals surface area (Å²) in [5.41, 5.74) is 4.08. The van der Waals surface area contributed by atoms with Crippen LogP contribution in [0.1, 0.15) is 25.0 Å². The Hall–Kier alpha value is -3.13. The average Bonchev–Trinajstić information content (AvgIpc) is 3.27. The number of fused-ring (bicyclic) bond motifs is 2. The molecule has 0 saturated heterocycles. The zero-order chi connectivity index (χ0) is 18.4. The molecule has 0 aliphatic heterocycles. The van der Waals surface area contributed by atoms with E-state index in [1.165, 1.54) is 0 Å². The lowest BCUT2D eigenvalue weighted by atomic mass is 10.2. The molecule has 0 unspecified atom stereocenters. The third kappa shape index (κ3) is 2.97. The molecule has 2 N–H and O–H groups in total. The van der Waals surface area contributed by atoms with Crippen LogP contribution < -0.4 is 5.32 Å². The van der Waals surface area contributed by atoms with Gasteiger partial charge in [-0.1, -0.05) is 11.3 Å². The molecular weight excluding hydrogens is 342 g/mol. The summed E-state index contributed by atoms with van der Waals surface area (Å²) in [6.45, 7) is 1.98. The topological polar surface area (TPSA) is 102 Å². The Bertz CT molecular complexity index is 1140. The number of hydrogen-bond donors (Lipinski definition) is 2. The van der Waals surface area contributed by atoms with Crippen LogP contribution in [0.15, 0.2) is 36.5 Å². The summed E-state index contributed by atoms with van der Waals surface area (Å²) in [5.74, 6) is 0.531. The number of aromatic nitrogens is 6. The van der Waals surface area contributed by atoms with E-state index in [0.29, 0.717) is 17.1 Å². The van der Waals surface area contributed by atoms with E-state index in [1.807, 2.05) is 37.3 Å². The fourth-order valence-electron chi connectivity index (χ4n) is 3.59. The molecule has 0 amide bonds. The molecule has 1 aromatic carbocycles. The third-order valence-electron chi connectivity index (χ3n) is 4.99. The molecule has 8 heteroatoms. The highest BCUT2D eigenvalue weighted by Gasteiger charge is 2.23. The van der Waals surface area contributed by atoms with Crippen molar-refractivity contribution in [2.24, 2.45) is 0 Å². The molecule has 1 aliphatic carbocycles. The van der Waals surface area contributed by atoms with Gasteiger partial charge in [0.05, 0.1) is 23.5 Å². The van der Waals surface area contributed by atoms with E-state index < -0.39 is 0 Å². The summed E-state index contributed by atoms with van der Waals surface area (Å²) in [5, 5.41) is 22.5. The van der Waals surface area contributed by atoms with Crippen molar-refractivity contribution in [2.45, 2.75) is 38.3 Å². The van der Waals surface area contributed by atoms with E-state index in [1.54, 1.807) is 10.9 Å². The Balaban J connectivity index is 1.53. The van der Waals surface area contributed by atoms with Gasteiger partial charge in [-0.15, -0.1) is 5.10 Å². The van der Waals surface area contributed by atoms with Gasteiger partial charge in [-0.25, -0.2) is 4.98 Å². The van der Waals surface area contributed by atoms with Crippen molar-refractivity contribution in [2.75, 3.05) is 5.32 Å². The SMILES string of the molecule is Cc1ccc2cc(-n3nnc4cnc(N[C@@H]5CC[C@@H](O)C5)nc43)ccc2n1. The molecule has 0 radical (unpaired) electrons. The minimum Gasteiger partial charge on any atom is -0.393 e. The number of hydrogen-bond acceptors (Lipinski definition) is 7. The summed E-state index contributed by atoms with van der Waals surface area (Å²) in [7, 11) is 0. The molecule has 1 aliphatic rings. The number of aliphatic hydroxyl groups is 1. The molecule has 27 heavy (non-hydrogen) atoms. The Kier molecular flexibility index (Phi) is 3.71. The van der Waals surface area contributed by atoms with Crippen LogP contribution in [-0.2, 0) is 0 Å². The zero-order valence-corrected chi connectivity index (χ0v) is 14.9. The van der Waals surface area contributed by atoms with Crippen LogP contribution in [0.3, 0.4) is 0 Å². The Morgan fingerprint density at radius 1 is 1.11 bits per heavy atom. The lowest BCUT2D eigenvalue weighted by Gasteiger charge is -2.11. The normalized spacial score (nSPS) is 19.8. The van der Waals surface area contributed by atoms with E-state index in [-0.39, 0.29) is 12.1 Å². The second-order valence-electron chi connectivity index (χ2n) is 7.04. The molecule has 3 aromatic heterocycles. The van der Waals surface area contributed by atoms with Gasteiger partial charge in [0, 0.05) is 17.1 Å². The lowest BCUT2D eigenvalue weighted by molar-refractivity contribution is 0.182. The quantitative estimate of drug-likeness (QED) is 0.578. The van der Waals surface area contributed by atoms with Gasteiger partial charge in [-0.05, 0) is 50.5 Å². The van der Waals surface area contributed by atoms with E-state index in [4.69, 9.17) is 0 Å². The Morgan fingerprint density at radius 2 is 2.04 bits per heavy atom. The molecule has 0 spiro atoms. The Labute approximate surface area is 155 Å².